The van der Waals surface area contributed by atoms with Crippen LogP contribution in [0.3, 0.4) is 0 Å². The highest BCUT2D eigenvalue weighted by molar-refractivity contribution is 9.09. The molecular formula is C18H20BrCl. The quantitative estimate of drug-likeness (QED) is 0.570. The van der Waals surface area contributed by atoms with Crippen LogP contribution in [-0.2, 0) is 12.8 Å². The monoisotopic (exact) mass is 350 g/mol. The van der Waals surface area contributed by atoms with Crippen molar-refractivity contribution in [3.05, 3.63) is 69.2 Å². The van der Waals surface area contributed by atoms with E-state index in [1.165, 1.54) is 27.8 Å². The lowest BCUT2D eigenvalue weighted by atomic mass is 9.93. The number of benzene rings is 2. The van der Waals surface area contributed by atoms with Crippen LogP contribution in [0.15, 0.2) is 36.4 Å². The predicted molar refractivity (Wildman–Crippen MR) is 92.2 cm³/mol. The van der Waals surface area contributed by atoms with E-state index in [0.29, 0.717) is 0 Å². The summed E-state index contributed by atoms with van der Waals surface area (Å²) in [4.78, 5) is 0.223. The zero-order chi connectivity index (χ0) is 14.7. The van der Waals surface area contributed by atoms with Crippen LogP contribution in [0, 0.1) is 6.92 Å². The van der Waals surface area contributed by atoms with Crippen LogP contribution in [0.5, 0.6) is 0 Å². The van der Waals surface area contributed by atoms with Gasteiger partial charge in [-0.25, -0.2) is 0 Å². The molecule has 0 saturated heterocycles. The minimum absolute atomic E-state index is 0.223. The molecule has 0 aromatic heterocycles. The summed E-state index contributed by atoms with van der Waals surface area (Å²) >= 11 is 9.94. The smallest absolute Gasteiger partial charge is 0.0649 e. The lowest BCUT2D eigenvalue weighted by Crippen LogP contribution is -2.01. The molecule has 0 radical (unpaired) electrons. The van der Waals surface area contributed by atoms with Gasteiger partial charge in [0.05, 0.1) is 4.83 Å². The number of alkyl halides is 1. The molecule has 0 saturated carbocycles. The number of hydrogen-bond donors (Lipinski definition) is 0. The minimum Gasteiger partial charge on any atom is -0.0843 e. The van der Waals surface area contributed by atoms with E-state index >= 15 is 0 Å². The molecule has 0 nitrogen and oxygen atoms in total. The van der Waals surface area contributed by atoms with Crippen LogP contribution < -0.4 is 0 Å². The van der Waals surface area contributed by atoms with Crippen LogP contribution >= 0.6 is 27.5 Å². The average Bonchev–Trinajstić information content (AvgIpc) is 2.46. The third-order valence-electron chi connectivity index (χ3n) is 3.78. The molecule has 0 amide bonds. The first-order valence-electron chi connectivity index (χ1n) is 7.08. The van der Waals surface area contributed by atoms with Crippen molar-refractivity contribution in [2.75, 3.05) is 0 Å². The Labute approximate surface area is 135 Å². The Morgan fingerprint density at radius 3 is 2.35 bits per heavy atom. The van der Waals surface area contributed by atoms with Crippen LogP contribution in [-0.4, -0.2) is 0 Å². The van der Waals surface area contributed by atoms with Crippen LogP contribution in [0.1, 0.15) is 46.5 Å². The first kappa shape index (κ1) is 15.6. The zero-order valence-corrected chi connectivity index (χ0v) is 14.6. The fourth-order valence-corrected chi connectivity index (χ4v) is 3.68. The van der Waals surface area contributed by atoms with E-state index in [-0.39, 0.29) is 4.83 Å². The van der Waals surface area contributed by atoms with Crippen LogP contribution in [0.25, 0.3) is 0 Å². The molecule has 0 bridgehead atoms. The Hall–Kier alpha value is -0.790. The molecule has 0 heterocycles. The summed E-state index contributed by atoms with van der Waals surface area (Å²) in [6.07, 6.45) is 2.12. The Bertz CT molecular complexity index is 604. The fraction of sp³-hybridized carbons (Fsp3) is 0.333. The minimum atomic E-state index is 0.223. The molecule has 0 N–H and O–H groups in total. The van der Waals surface area contributed by atoms with Gasteiger partial charge in [0.2, 0.25) is 0 Å². The summed E-state index contributed by atoms with van der Waals surface area (Å²) in [7, 11) is 0. The van der Waals surface area contributed by atoms with Crippen molar-refractivity contribution in [1.82, 2.24) is 0 Å². The van der Waals surface area contributed by atoms with Crippen molar-refractivity contribution in [2.24, 2.45) is 0 Å². The van der Waals surface area contributed by atoms with E-state index in [4.69, 9.17) is 11.6 Å². The molecule has 0 aliphatic carbocycles. The fourth-order valence-electron chi connectivity index (χ4n) is 2.51. The molecule has 2 heteroatoms. The molecule has 1 atom stereocenters. The molecule has 0 fully saturated rings. The third-order valence-corrected chi connectivity index (χ3v) is 5.00. The molecule has 0 spiro atoms. The van der Waals surface area contributed by atoms with E-state index < -0.39 is 0 Å². The second kappa shape index (κ2) is 6.78. The highest BCUT2D eigenvalue weighted by Crippen LogP contribution is 2.36. The van der Waals surface area contributed by atoms with E-state index in [1.807, 2.05) is 12.1 Å². The van der Waals surface area contributed by atoms with Crippen molar-refractivity contribution in [1.29, 1.82) is 0 Å². The maximum absolute atomic E-state index is 6.06. The SMILES string of the molecule is CCc1ccc(CC)c(C(Br)c2ccc(Cl)cc2C)c1. The Morgan fingerprint density at radius 2 is 1.75 bits per heavy atom. The molecular weight excluding hydrogens is 332 g/mol. The maximum atomic E-state index is 6.06. The first-order valence-corrected chi connectivity index (χ1v) is 8.38. The van der Waals surface area contributed by atoms with Gasteiger partial charge in [-0.1, -0.05) is 65.6 Å². The Kier molecular flexibility index (Phi) is 5.29. The predicted octanol–water partition coefficient (Wildman–Crippen LogP) is 6.26. The second-order valence-corrected chi connectivity index (χ2v) is 6.46. The van der Waals surface area contributed by atoms with Gasteiger partial charge in [-0.15, -0.1) is 0 Å². The van der Waals surface area contributed by atoms with Crippen molar-refractivity contribution >= 4 is 27.5 Å². The Balaban J connectivity index is 2.48. The maximum Gasteiger partial charge on any atom is 0.0649 e. The van der Waals surface area contributed by atoms with E-state index in [2.05, 4.69) is 61.0 Å². The van der Waals surface area contributed by atoms with E-state index in [1.54, 1.807) is 0 Å². The molecule has 0 aliphatic heterocycles. The van der Waals surface area contributed by atoms with Gasteiger partial charge in [0, 0.05) is 5.02 Å². The van der Waals surface area contributed by atoms with Gasteiger partial charge in [-0.3, -0.25) is 0 Å². The molecule has 2 rings (SSSR count). The van der Waals surface area contributed by atoms with Gasteiger partial charge >= 0.3 is 0 Å². The molecule has 0 aliphatic rings. The normalized spacial score (nSPS) is 12.4. The van der Waals surface area contributed by atoms with Crippen molar-refractivity contribution in [3.8, 4) is 0 Å². The average molecular weight is 352 g/mol. The lowest BCUT2D eigenvalue weighted by Gasteiger charge is -2.18. The standard InChI is InChI=1S/C18H20BrCl/c1-4-13-6-7-14(5-2)17(11-13)18(19)16-9-8-15(20)10-12(16)3/h6-11,18H,4-5H2,1-3H3. The summed E-state index contributed by atoms with van der Waals surface area (Å²) in [6, 6.07) is 12.9. The van der Waals surface area contributed by atoms with Crippen molar-refractivity contribution in [2.45, 2.75) is 38.4 Å². The first-order chi connectivity index (χ1) is 9.56. The number of hydrogen-bond acceptors (Lipinski definition) is 0. The van der Waals surface area contributed by atoms with E-state index in [0.717, 1.165) is 17.9 Å². The van der Waals surface area contributed by atoms with Gasteiger partial charge in [-0.05, 0) is 59.7 Å². The number of aryl methyl sites for hydroxylation is 3. The topological polar surface area (TPSA) is 0 Å². The van der Waals surface area contributed by atoms with Gasteiger partial charge in [0.1, 0.15) is 0 Å². The largest absolute Gasteiger partial charge is 0.0843 e. The van der Waals surface area contributed by atoms with Gasteiger partial charge in [0.25, 0.3) is 0 Å². The number of rotatable bonds is 4. The van der Waals surface area contributed by atoms with Gasteiger partial charge in [0.15, 0.2) is 0 Å². The lowest BCUT2D eigenvalue weighted by molar-refractivity contribution is 1.02. The Morgan fingerprint density at radius 1 is 1.00 bits per heavy atom. The van der Waals surface area contributed by atoms with Crippen molar-refractivity contribution in [3.63, 3.8) is 0 Å². The summed E-state index contributed by atoms with van der Waals surface area (Å²) in [6.45, 7) is 6.52. The molecule has 2 aromatic carbocycles. The highest BCUT2D eigenvalue weighted by Gasteiger charge is 2.16. The molecule has 1 unspecified atom stereocenters. The van der Waals surface area contributed by atoms with Crippen LogP contribution in [0.4, 0.5) is 0 Å². The van der Waals surface area contributed by atoms with Gasteiger partial charge < -0.3 is 0 Å². The molecule has 2 aromatic rings. The summed E-state index contributed by atoms with van der Waals surface area (Å²) < 4.78 is 0. The molecule has 20 heavy (non-hydrogen) atoms. The zero-order valence-electron chi connectivity index (χ0n) is 12.2. The third kappa shape index (κ3) is 3.27. The molecule has 106 valence electrons. The summed E-state index contributed by atoms with van der Waals surface area (Å²) in [5, 5.41) is 0.795. The second-order valence-electron chi connectivity index (χ2n) is 5.10. The van der Waals surface area contributed by atoms with Gasteiger partial charge in [-0.2, -0.15) is 0 Å². The number of halogens is 2. The van der Waals surface area contributed by atoms with E-state index in [9.17, 15) is 0 Å². The van der Waals surface area contributed by atoms with Crippen molar-refractivity contribution < 1.29 is 0 Å². The van der Waals surface area contributed by atoms with Crippen LogP contribution in [0.2, 0.25) is 5.02 Å². The summed E-state index contributed by atoms with van der Waals surface area (Å²) in [5.41, 5.74) is 6.67. The summed E-state index contributed by atoms with van der Waals surface area (Å²) in [5.74, 6) is 0. The highest BCUT2D eigenvalue weighted by atomic mass is 79.9.